The van der Waals surface area contributed by atoms with Crippen LogP contribution in [0.5, 0.6) is 11.5 Å². The fourth-order valence-corrected chi connectivity index (χ4v) is 1.52. The molecule has 0 saturated heterocycles. The number of aliphatic hydroxyl groups excluding tert-OH is 1. The number of carboxylic acid groups (broad SMARTS) is 1. The lowest BCUT2D eigenvalue weighted by atomic mass is 10.2. The summed E-state index contributed by atoms with van der Waals surface area (Å²) in [5, 5.41) is 18.6. The first-order valence-corrected chi connectivity index (χ1v) is 6.47. The van der Waals surface area contributed by atoms with Gasteiger partial charge in [0.2, 0.25) is 0 Å². The van der Waals surface area contributed by atoms with Gasteiger partial charge < -0.3 is 24.4 Å². The van der Waals surface area contributed by atoms with Gasteiger partial charge in [-0.25, -0.2) is 4.79 Å². The van der Waals surface area contributed by atoms with Gasteiger partial charge in [-0.15, -0.1) is 0 Å². The van der Waals surface area contributed by atoms with Crippen LogP contribution >= 0.6 is 0 Å². The molecule has 0 aromatic heterocycles. The molecule has 20 heavy (non-hydrogen) atoms. The van der Waals surface area contributed by atoms with E-state index < -0.39 is 12.1 Å². The molecule has 0 aliphatic heterocycles. The molecule has 1 unspecified atom stereocenters. The van der Waals surface area contributed by atoms with Crippen molar-refractivity contribution in [3.8, 4) is 11.5 Å². The summed E-state index contributed by atoms with van der Waals surface area (Å²) in [4.78, 5) is 10.9. The highest BCUT2D eigenvalue weighted by atomic mass is 16.5. The van der Waals surface area contributed by atoms with E-state index in [2.05, 4.69) is 0 Å². The molecule has 0 radical (unpaired) electrons. The topological polar surface area (TPSA) is 85.2 Å². The van der Waals surface area contributed by atoms with E-state index in [-0.39, 0.29) is 18.8 Å². The van der Waals surface area contributed by atoms with Crippen LogP contribution in [0.3, 0.4) is 0 Å². The van der Waals surface area contributed by atoms with Crippen molar-refractivity contribution in [3.05, 3.63) is 23.8 Å². The van der Waals surface area contributed by atoms with E-state index in [1.165, 1.54) is 18.2 Å². The van der Waals surface area contributed by atoms with Gasteiger partial charge in [-0.3, -0.25) is 0 Å². The summed E-state index contributed by atoms with van der Waals surface area (Å²) < 4.78 is 15.8. The Hall–Kier alpha value is -1.79. The molecule has 0 amide bonds. The standard InChI is InChI=1S/C14H20O6/c1-3-18-8-11(15)9-20-12-6-5-10(14(16)17)7-13(12)19-4-2/h5-7,11,15H,3-4,8-9H2,1-2H3,(H,16,17). The van der Waals surface area contributed by atoms with Crippen molar-refractivity contribution in [1.29, 1.82) is 0 Å². The van der Waals surface area contributed by atoms with Crippen LogP contribution in [0.1, 0.15) is 24.2 Å². The van der Waals surface area contributed by atoms with Crippen LogP contribution in [0, 0.1) is 0 Å². The third-order valence-corrected chi connectivity index (χ3v) is 2.44. The average molecular weight is 284 g/mol. The molecule has 1 aromatic carbocycles. The van der Waals surface area contributed by atoms with E-state index in [4.69, 9.17) is 19.3 Å². The first-order valence-electron chi connectivity index (χ1n) is 6.47. The molecule has 112 valence electrons. The third-order valence-electron chi connectivity index (χ3n) is 2.44. The van der Waals surface area contributed by atoms with Crippen LogP contribution in [0.2, 0.25) is 0 Å². The zero-order valence-corrected chi connectivity index (χ0v) is 11.7. The minimum absolute atomic E-state index is 0.0481. The Morgan fingerprint density at radius 2 is 1.90 bits per heavy atom. The Bertz CT molecular complexity index is 432. The lowest BCUT2D eigenvalue weighted by molar-refractivity contribution is 0.0158. The Morgan fingerprint density at radius 1 is 1.15 bits per heavy atom. The molecule has 0 heterocycles. The number of benzene rings is 1. The van der Waals surface area contributed by atoms with Gasteiger partial charge in [-0.05, 0) is 32.0 Å². The van der Waals surface area contributed by atoms with Crippen LogP contribution < -0.4 is 9.47 Å². The van der Waals surface area contributed by atoms with Crippen molar-refractivity contribution in [1.82, 2.24) is 0 Å². The van der Waals surface area contributed by atoms with E-state index >= 15 is 0 Å². The van der Waals surface area contributed by atoms with Gasteiger partial charge in [0, 0.05) is 6.61 Å². The van der Waals surface area contributed by atoms with Gasteiger partial charge in [0.05, 0.1) is 18.8 Å². The molecule has 0 bridgehead atoms. The number of carboxylic acids is 1. The molecule has 1 aromatic rings. The Kier molecular flexibility index (Phi) is 6.83. The Labute approximate surface area is 117 Å². The fraction of sp³-hybridized carbons (Fsp3) is 0.500. The van der Waals surface area contributed by atoms with Crippen molar-refractivity contribution < 1.29 is 29.2 Å². The van der Waals surface area contributed by atoms with E-state index in [9.17, 15) is 9.90 Å². The zero-order chi connectivity index (χ0) is 15.0. The second kappa shape index (κ2) is 8.39. The van der Waals surface area contributed by atoms with Crippen LogP contribution in [-0.2, 0) is 4.74 Å². The number of aliphatic hydroxyl groups is 1. The maximum Gasteiger partial charge on any atom is 0.335 e. The normalized spacial score (nSPS) is 11.9. The lowest BCUT2D eigenvalue weighted by Crippen LogP contribution is -2.23. The predicted molar refractivity (Wildman–Crippen MR) is 72.6 cm³/mol. The minimum atomic E-state index is -1.03. The summed E-state index contributed by atoms with van der Waals surface area (Å²) in [5.41, 5.74) is 0.121. The SMILES string of the molecule is CCOCC(O)COc1ccc(C(=O)O)cc1OCC. The summed E-state index contributed by atoms with van der Waals surface area (Å²) in [7, 11) is 0. The predicted octanol–water partition coefficient (Wildman–Crippen LogP) is 1.56. The second-order valence-corrected chi connectivity index (χ2v) is 4.02. The maximum atomic E-state index is 10.9. The molecule has 0 fully saturated rings. The molecule has 0 aliphatic carbocycles. The molecule has 1 atom stereocenters. The molecule has 0 aliphatic rings. The van der Waals surface area contributed by atoms with Gasteiger partial charge >= 0.3 is 5.97 Å². The summed E-state index contributed by atoms with van der Waals surface area (Å²) in [6.07, 6.45) is -0.747. The number of hydrogen-bond acceptors (Lipinski definition) is 5. The van der Waals surface area contributed by atoms with Gasteiger partial charge in [-0.1, -0.05) is 0 Å². The first-order chi connectivity index (χ1) is 9.58. The second-order valence-electron chi connectivity index (χ2n) is 4.02. The Balaban J connectivity index is 2.70. The summed E-state index contributed by atoms with van der Waals surface area (Å²) in [6, 6.07) is 4.34. The van der Waals surface area contributed by atoms with Crippen LogP contribution in [-0.4, -0.2) is 48.7 Å². The van der Waals surface area contributed by atoms with Crippen LogP contribution in [0.25, 0.3) is 0 Å². The number of hydrogen-bond donors (Lipinski definition) is 2. The van der Waals surface area contributed by atoms with Crippen molar-refractivity contribution in [2.45, 2.75) is 20.0 Å². The summed E-state index contributed by atoms with van der Waals surface area (Å²) in [6.45, 7) is 4.78. The largest absolute Gasteiger partial charge is 0.490 e. The van der Waals surface area contributed by atoms with Crippen molar-refractivity contribution >= 4 is 5.97 Å². The monoisotopic (exact) mass is 284 g/mol. The number of rotatable bonds is 9. The molecule has 2 N–H and O–H groups in total. The van der Waals surface area contributed by atoms with E-state index in [0.717, 1.165) is 0 Å². The number of aromatic carboxylic acids is 1. The molecular weight excluding hydrogens is 264 g/mol. The maximum absolute atomic E-state index is 10.9. The highest BCUT2D eigenvalue weighted by Crippen LogP contribution is 2.28. The van der Waals surface area contributed by atoms with Gasteiger partial charge in [0.15, 0.2) is 11.5 Å². The summed E-state index contributed by atoms with van der Waals surface area (Å²) >= 11 is 0. The molecular formula is C14H20O6. The number of ether oxygens (including phenoxy) is 3. The average Bonchev–Trinajstić information content (AvgIpc) is 2.43. The van der Waals surface area contributed by atoms with E-state index in [1.807, 2.05) is 6.92 Å². The molecule has 0 spiro atoms. The molecule has 6 nitrogen and oxygen atoms in total. The third kappa shape index (κ3) is 5.07. The van der Waals surface area contributed by atoms with Crippen LogP contribution in [0.15, 0.2) is 18.2 Å². The van der Waals surface area contributed by atoms with E-state index in [1.54, 1.807) is 6.92 Å². The highest BCUT2D eigenvalue weighted by Gasteiger charge is 2.12. The van der Waals surface area contributed by atoms with Crippen molar-refractivity contribution in [2.75, 3.05) is 26.4 Å². The van der Waals surface area contributed by atoms with Gasteiger partial charge in [0.25, 0.3) is 0 Å². The lowest BCUT2D eigenvalue weighted by Gasteiger charge is -2.15. The smallest absolute Gasteiger partial charge is 0.335 e. The summed E-state index contributed by atoms with van der Waals surface area (Å²) in [5.74, 6) is -0.294. The first kappa shape index (κ1) is 16.3. The zero-order valence-electron chi connectivity index (χ0n) is 11.7. The quantitative estimate of drug-likeness (QED) is 0.716. The van der Waals surface area contributed by atoms with Crippen molar-refractivity contribution in [2.24, 2.45) is 0 Å². The number of carbonyl (C=O) groups is 1. The van der Waals surface area contributed by atoms with Gasteiger partial charge in [-0.2, -0.15) is 0 Å². The van der Waals surface area contributed by atoms with Gasteiger partial charge in [0.1, 0.15) is 12.7 Å². The van der Waals surface area contributed by atoms with Crippen molar-refractivity contribution in [3.63, 3.8) is 0 Å². The highest BCUT2D eigenvalue weighted by molar-refractivity contribution is 5.88. The molecule has 0 saturated carbocycles. The van der Waals surface area contributed by atoms with E-state index in [0.29, 0.717) is 24.7 Å². The minimum Gasteiger partial charge on any atom is -0.490 e. The van der Waals surface area contributed by atoms with Crippen LogP contribution in [0.4, 0.5) is 0 Å². The Morgan fingerprint density at radius 3 is 2.50 bits per heavy atom. The molecule has 6 heteroatoms. The molecule has 1 rings (SSSR count). The fourth-order valence-electron chi connectivity index (χ4n) is 1.52.